The molecule has 10 N–H and O–H groups in total. The third kappa shape index (κ3) is 8.48. The van der Waals surface area contributed by atoms with Crippen molar-refractivity contribution in [3.05, 3.63) is 72.1 Å². The molecule has 238 valence electrons. The summed E-state index contributed by atoms with van der Waals surface area (Å²) in [7, 11) is 0. The molecular weight excluding hydrogens is 578 g/mol. The fraction of sp³-hybridized carbons (Fsp3) is 0.344. The van der Waals surface area contributed by atoms with Crippen LogP contribution in [0.25, 0.3) is 21.8 Å². The lowest BCUT2D eigenvalue weighted by Crippen LogP contribution is -2.58. The van der Waals surface area contributed by atoms with Crippen molar-refractivity contribution in [2.45, 2.75) is 63.7 Å². The number of rotatable bonds is 15. The Hall–Kier alpha value is -5.17. The van der Waals surface area contributed by atoms with Crippen molar-refractivity contribution in [1.82, 2.24) is 25.9 Å². The zero-order valence-electron chi connectivity index (χ0n) is 25.1. The van der Waals surface area contributed by atoms with E-state index >= 15 is 0 Å². The van der Waals surface area contributed by atoms with Gasteiger partial charge in [-0.2, -0.15) is 0 Å². The highest BCUT2D eigenvalue weighted by Crippen LogP contribution is 2.21. The first-order valence-electron chi connectivity index (χ1n) is 14.7. The monoisotopic (exact) mass is 617 g/mol. The molecule has 2 heterocycles. The number of para-hydroxylation sites is 2. The van der Waals surface area contributed by atoms with E-state index in [1.807, 2.05) is 62.4 Å². The second kappa shape index (κ2) is 14.5. The summed E-state index contributed by atoms with van der Waals surface area (Å²) in [4.78, 5) is 69.7. The number of H-pyrrole nitrogens is 2. The lowest BCUT2D eigenvalue weighted by Gasteiger charge is -2.26. The number of benzene rings is 2. The summed E-state index contributed by atoms with van der Waals surface area (Å²) < 4.78 is 0. The van der Waals surface area contributed by atoms with Gasteiger partial charge in [0.25, 0.3) is 0 Å². The first kappa shape index (κ1) is 32.7. The summed E-state index contributed by atoms with van der Waals surface area (Å²) in [6.45, 7) is 3.67. The number of aromatic nitrogens is 2. The summed E-state index contributed by atoms with van der Waals surface area (Å²) >= 11 is 0. The number of nitrogens with one attached hydrogen (secondary N) is 5. The Morgan fingerprint density at radius 3 is 1.76 bits per heavy atom. The molecule has 4 aromatic rings. The van der Waals surface area contributed by atoms with Gasteiger partial charge < -0.3 is 42.5 Å². The molecule has 45 heavy (non-hydrogen) atoms. The van der Waals surface area contributed by atoms with E-state index in [1.54, 1.807) is 12.4 Å². The summed E-state index contributed by atoms with van der Waals surface area (Å²) in [5, 5.41) is 19.0. The molecule has 0 bridgehead atoms. The Morgan fingerprint density at radius 1 is 0.733 bits per heavy atom. The van der Waals surface area contributed by atoms with E-state index in [1.165, 1.54) is 0 Å². The minimum Gasteiger partial charge on any atom is -0.480 e. The summed E-state index contributed by atoms with van der Waals surface area (Å²) in [6.07, 6.45) is 3.39. The van der Waals surface area contributed by atoms with Crippen LogP contribution >= 0.6 is 0 Å². The van der Waals surface area contributed by atoms with E-state index in [0.717, 1.165) is 32.9 Å². The Labute approximate surface area is 259 Å². The van der Waals surface area contributed by atoms with Crippen molar-refractivity contribution < 1.29 is 29.1 Å². The van der Waals surface area contributed by atoms with Gasteiger partial charge in [-0.15, -0.1) is 0 Å². The maximum absolute atomic E-state index is 13.8. The van der Waals surface area contributed by atoms with E-state index < -0.39 is 60.2 Å². The third-order valence-corrected chi connectivity index (χ3v) is 7.54. The average molecular weight is 618 g/mol. The van der Waals surface area contributed by atoms with Crippen LogP contribution in [0.2, 0.25) is 0 Å². The van der Waals surface area contributed by atoms with Crippen molar-refractivity contribution in [3.63, 3.8) is 0 Å². The fourth-order valence-corrected chi connectivity index (χ4v) is 5.29. The number of nitrogens with two attached hydrogens (primary N) is 2. The zero-order chi connectivity index (χ0) is 32.7. The second-order valence-electron chi connectivity index (χ2n) is 11.6. The van der Waals surface area contributed by atoms with Crippen LogP contribution in [0.4, 0.5) is 0 Å². The van der Waals surface area contributed by atoms with Crippen molar-refractivity contribution in [2.24, 2.45) is 17.4 Å². The van der Waals surface area contributed by atoms with Crippen LogP contribution in [0.3, 0.4) is 0 Å². The number of carboxylic acids is 1. The van der Waals surface area contributed by atoms with Crippen LogP contribution in [-0.4, -0.2) is 68.8 Å². The van der Waals surface area contributed by atoms with Crippen molar-refractivity contribution in [3.8, 4) is 0 Å². The van der Waals surface area contributed by atoms with Crippen molar-refractivity contribution in [2.75, 3.05) is 0 Å². The van der Waals surface area contributed by atoms with Crippen LogP contribution in [0, 0.1) is 5.92 Å². The van der Waals surface area contributed by atoms with Gasteiger partial charge in [-0.3, -0.25) is 19.2 Å². The van der Waals surface area contributed by atoms with Gasteiger partial charge in [0.15, 0.2) is 0 Å². The molecule has 0 spiro atoms. The molecule has 4 amide bonds. The summed E-state index contributed by atoms with van der Waals surface area (Å²) in [5.74, 6) is -4.43. The molecule has 0 saturated heterocycles. The van der Waals surface area contributed by atoms with Crippen molar-refractivity contribution in [1.29, 1.82) is 0 Å². The Morgan fingerprint density at radius 2 is 1.22 bits per heavy atom. The number of primary amides is 1. The molecule has 4 atom stereocenters. The topological polar surface area (TPSA) is 225 Å². The third-order valence-electron chi connectivity index (χ3n) is 7.54. The largest absolute Gasteiger partial charge is 0.480 e. The molecule has 0 aliphatic carbocycles. The molecule has 13 nitrogen and oxygen atoms in total. The van der Waals surface area contributed by atoms with Gasteiger partial charge in [-0.1, -0.05) is 50.2 Å². The lowest BCUT2D eigenvalue weighted by atomic mass is 9.99. The predicted molar refractivity (Wildman–Crippen MR) is 169 cm³/mol. The minimum absolute atomic E-state index is 0.0771. The van der Waals surface area contributed by atoms with Gasteiger partial charge in [0.2, 0.25) is 23.6 Å². The number of amides is 4. The first-order chi connectivity index (χ1) is 21.4. The average Bonchev–Trinajstić information content (AvgIpc) is 3.59. The maximum Gasteiger partial charge on any atom is 0.326 e. The Kier molecular flexibility index (Phi) is 10.6. The van der Waals surface area contributed by atoms with Crippen LogP contribution in [0.5, 0.6) is 0 Å². The van der Waals surface area contributed by atoms with Gasteiger partial charge >= 0.3 is 5.97 Å². The smallest absolute Gasteiger partial charge is 0.326 e. The summed E-state index contributed by atoms with van der Waals surface area (Å²) in [6, 6.07) is 10.3. The number of carbonyl (C=O) groups excluding carboxylic acids is 4. The standard InChI is InChI=1S/C32H39N7O6/c1-17(2)11-25(30(42)39-27(32(44)45)14-28(34)40)38-31(43)26(13-19-16-36-24-10-6-4-8-21(19)24)37-29(41)22(33)12-18-15-35-23-9-5-3-7-20(18)23/h3-10,15-17,22,25-27,35-36H,11-14,33H2,1-2H3,(H2,34,40)(H,37,41)(H,38,43)(H,39,42)(H,44,45). The highest BCUT2D eigenvalue weighted by atomic mass is 16.4. The number of aromatic amines is 2. The first-order valence-corrected chi connectivity index (χ1v) is 14.7. The van der Waals surface area contributed by atoms with Gasteiger partial charge in [0.05, 0.1) is 12.5 Å². The molecule has 4 unspecified atom stereocenters. The van der Waals surface area contributed by atoms with E-state index in [9.17, 15) is 29.1 Å². The van der Waals surface area contributed by atoms with Gasteiger partial charge in [-0.25, -0.2) is 4.79 Å². The van der Waals surface area contributed by atoms with Crippen molar-refractivity contribution >= 4 is 51.4 Å². The van der Waals surface area contributed by atoms with E-state index in [2.05, 4.69) is 25.9 Å². The molecule has 4 rings (SSSR count). The molecule has 13 heteroatoms. The zero-order valence-corrected chi connectivity index (χ0v) is 25.1. The SMILES string of the molecule is CC(C)CC(NC(=O)C(Cc1c[nH]c2ccccc12)NC(=O)C(N)Cc1c[nH]c2ccccc12)C(=O)NC(CC(N)=O)C(=O)O. The minimum atomic E-state index is -1.56. The van der Waals surface area contributed by atoms with Crippen LogP contribution in [0.1, 0.15) is 37.8 Å². The highest BCUT2D eigenvalue weighted by Gasteiger charge is 2.32. The number of carboxylic acid groups (broad SMARTS) is 1. The van der Waals surface area contributed by atoms with E-state index in [4.69, 9.17) is 11.5 Å². The molecule has 0 radical (unpaired) electrons. The van der Waals surface area contributed by atoms with E-state index in [0.29, 0.717) is 0 Å². The van der Waals surface area contributed by atoms with Gasteiger partial charge in [0.1, 0.15) is 18.1 Å². The molecule has 0 aliphatic rings. The lowest BCUT2D eigenvalue weighted by molar-refractivity contribution is -0.143. The predicted octanol–water partition coefficient (Wildman–Crippen LogP) is 1.22. The molecule has 0 aliphatic heterocycles. The van der Waals surface area contributed by atoms with E-state index in [-0.39, 0.29) is 25.2 Å². The maximum atomic E-state index is 13.8. The number of carbonyl (C=O) groups is 5. The normalized spacial score (nSPS) is 14.0. The summed E-state index contributed by atoms with van der Waals surface area (Å²) in [5.41, 5.74) is 14.8. The Bertz CT molecular complexity index is 1690. The molecule has 0 fully saturated rings. The fourth-order valence-electron chi connectivity index (χ4n) is 5.29. The number of fused-ring (bicyclic) bond motifs is 2. The number of hydrogen-bond acceptors (Lipinski definition) is 6. The van der Waals surface area contributed by atoms with Gasteiger partial charge in [-0.05, 0) is 42.0 Å². The molecule has 0 saturated carbocycles. The number of hydrogen-bond donors (Lipinski definition) is 8. The highest BCUT2D eigenvalue weighted by molar-refractivity contribution is 5.96. The Balaban J connectivity index is 1.55. The van der Waals surface area contributed by atoms with Crippen LogP contribution in [-0.2, 0) is 36.8 Å². The van der Waals surface area contributed by atoms with Gasteiger partial charge in [0, 0.05) is 40.6 Å². The van der Waals surface area contributed by atoms with Crippen LogP contribution < -0.4 is 27.4 Å². The second-order valence-corrected chi connectivity index (χ2v) is 11.6. The quantitative estimate of drug-likeness (QED) is 0.0972. The van der Waals surface area contributed by atoms with Crippen LogP contribution in [0.15, 0.2) is 60.9 Å². The molecule has 2 aromatic heterocycles. The number of aliphatic carboxylic acids is 1. The molecular formula is C32H39N7O6. The molecule has 2 aromatic carbocycles.